The molecule has 1 N–H and O–H groups in total. The van der Waals surface area contributed by atoms with Crippen molar-refractivity contribution in [1.82, 2.24) is 5.32 Å². The lowest BCUT2D eigenvalue weighted by Gasteiger charge is -2.09. The molecule has 3 aromatic rings. The van der Waals surface area contributed by atoms with Crippen LogP contribution in [0.25, 0.3) is 11.0 Å². The molecule has 1 amide bonds. The highest BCUT2D eigenvalue weighted by Crippen LogP contribution is 2.58. The normalized spacial score (nSPS) is 22.8. The zero-order chi connectivity index (χ0) is 17.0. The molecule has 5 rings (SSSR count). The lowest BCUT2D eigenvalue weighted by atomic mass is 10.1. The number of nitrogens with one attached hydrogen (secondary N) is 1. The van der Waals surface area contributed by atoms with E-state index in [0.29, 0.717) is 12.3 Å². The largest absolute Gasteiger partial charge is 0.489 e. The molecule has 1 fully saturated rings. The molecule has 3 unspecified atom stereocenters. The van der Waals surface area contributed by atoms with Crippen molar-refractivity contribution in [2.75, 3.05) is 0 Å². The summed E-state index contributed by atoms with van der Waals surface area (Å²) in [5.74, 6) is 0.0670. The molecule has 3 atom stereocenters. The van der Waals surface area contributed by atoms with Crippen molar-refractivity contribution in [1.29, 1.82) is 0 Å². The summed E-state index contributed by atoms with van der Waals surface area (Å²) in [4.78, 5) is 12.4. The lowest BCUT2D eigenvalue weighted by molar-refractivity contribution is -0.123. The predicted molar refractivity (Wildman–Crippen MR) is 89.5 cm³/mol. The van der Waals surface area contributed by atoms with Crippen molar-refractivity contribution in [3.63, 3.8) is 0 Å². The Kier molecular flexibility index (Phi) is 3.04. The summed E-state index contributed by atoms with van der Waals surface area (Å²) in [6.07, 6.45) is 1.47. The first-order valence-corrected chi connectivity index (χ1v) is 8.24. The first-order valence-electron chi connectivity index (χ1n) is 8.24. The second-order valence-electron chi connectivity index (χ2n) is 6.52. The number of fused-ring (bicyclic) bond motifs is 4. The highest BCUT2D eigenvalue weighted by Gasteiger charge is 2.62. The van der Waals surface area contributed by atoms with Crippen molar-refractivity contribution in [3.05, 3.63) is 71.7 Å². The maximum atomic E-state index is 13.4. The van der Waals surface area contributed by atoms with Crippen LogP contribution in [0.2, 0.25) is 0 Å². The minimum absolute atomic E-state index is 0.0303. The molecule has 4 nitrogen and oxygen atoms in total. The van der Waals surface area contributed by atoms with Crippen molar-refractivity contribution in [2.45, 2.75) is 18.6 Å². The fourth-order valence-corrected chi connectivity index (χ4v) is 3.64. The number of hydrogen-bond acceptors (Lipinski definition) is 2. The Morgan fingerprint density at radius 2 is 2.12 bits per heavy atom. The molecule has 0 saturated heterocycles. The van der Waals surface area contributed by atoms with E-state index in [0.717, 1.165) is 22.1 Å². The molecule has 1 saturated carbocycles. The molecule has 1 aliphatic heterocycles. The number of ether oxygens (including phenoxy) is 1. The van der Waals surface area contributed by atoms with E-state index in [9.17, 15) is 9.18 Å². The van der Waals surface area contributed by atoms with Gasteiger partial charge in [0.25, 0.3) is 0 Å². The van der Waals surface area contributed by atoms with Gasteiger partial charge in [-0.15, -0.1) is 0 Å². The van der Waals surface area contributed by atoms with Gasteiger partial charge in [0.05, 0.1) is 11.3 Å². The Labute approximate surface area is 143 Å². The fraction of sp³-hybridized carbons (Fsp3) is 0.200. The Hall–Kier alpha value is -2.95. The Morgan fingerprint density at radius 3 is 3.04 bits per heavy atom. The lowest BCUT2D eigenvalue weighted by Crippen LogP contribution is -2.27. The highest BCUT2D eigenvalue weighted by molar-refractivity contribution is 5.85. The Bertz CT molecular complexity index is 1000. The minimum Gasteiger partial charge on any atom is -0.489 e. The molecule has 2 heterocycles. The summed E-state index contributed by atoms with van der Waals surface area (Å²) < 4.78 is 24.6. The quantitative estimate of drug-likeness (QED) is 0.743. The number of rotatable bonds is 3. The van der Waals surface area contributed by atoms with E-state index in [1.807, 2.05) is 30.3 Å². The number of carbonyl (C=O) groups is 1. The zero-order valence-electron chi connectivity index (χ0n) is 13.2. The van der Waals surface area contributed by atoms with Crippen molar-refractivity contribution >= 4 is 16.9 Å². The Balaban J connectivity index is 1.27. The van der Waals surface area contributed by atoms with Crippen LogP contribution >= 0.6 is 0 Å². The van der Waals surface area contributed by atoms with Crippen molar-refractivity contribution in [3.8, 4) is 5.75 Å². The molecule has 25 heavy (non-hydrogen) atoms. The first-order chi connectivity index (χ1) is 12.2. The summed E-state index contributed by atoms with van der Waals surface area (Å²) in [6, 6.07) is 14.1. The molecule has 1 aromatic heterocycles. The van der Waals surface area contributed by atoms with Crippen LogP contribution in [-0.4, -0.2) is 12.0 Å². The van der Waals surface area contributed by atoms with Gasteiger partial charge in [-0.3, -0.25) is 4.79 Å². The second-order valence-corrected chi connectivity index (χ2v) is 6.52. The molecule has 124 valence electrons. The monoisotopic (exact) mass is 336 g/mol. The summed E-state index contributed by atoms with van der Waals surface area (Å²) >= 11 is 0. The van der Waals surface area contributed by atoms with E-state index < -0.39 is 0 Å². The molecule has 0 radical (unpaired) electrons. The van der Waals surface area contributed by atoms with Crippen molar-refractivity contribution in [2.24, 2.45) is 5.92 Å². The Morgan fingerprint density at radius 1 is 1.20 bits per heavy atom. The maximum absolute atomic E-state index is 13.4. The van der Waals surface area contributed by atoms with E-state index in [1.165, 1.54) is 12.1 Å². The van der Waals surface area contributed by atoms with Gasteiger partial charge in [-0.25, -0.2) is 8.81 Å². The van der Waals surface area contributed by atoms with Crippen LogP contribution in [0, 0.1) is 11.7 Å². The predicted octanol–water partition coefficient (Wildman–Crippen LogP) is 3.64. The first kappa shape index (κ1) is 14.4. The second kappa shape index (κ2) is 5.28. The number of hydrogen-bond donors (Lipinski definition) is 1. The summed E-state index contributed by atoms with van der Waals surface area (Å²) in [7, 11) is 0. The van der Waals surface area contributed by atoms with Crippen LogP contribution in [0.15, 0.2) is 59.2 Å². The molecular weight excluding hydrogens is 321 g/mol. The molecule has 0 spiro atoms. The smallest absolute Gasteiger partial charge is 0.360 e. The van der Waals surface area contributed by atoms with E-state index in [4.69, 9.17) is 9.15 Å². The zero-order valence-corrected chi connectivity index (χ0v) is 13.2. The molecular formula is C20H15FNO3+. The standard InChI is InChI=1S/C20H14FNO3/c21-13-5-6-15-14(9-13)17-18(19(17)25-15)20(23)22-10-11-3-4-12-2-1-7-24-16(12)8-11/h1-9,17-19H,10H2/p+1. The molecule has 2 aromatic carbocycles. The number of halogens is 1. The average molecular weight is 336 g/mol. The van der Waals surface area contributed by atoms with E-state index in [2.05, 4.69) is 5.32 Å². The van der Waals surface area contributed by atoms with Gasteiger partial charge in [-0.2, -0.15) is 0 Å². The van der Waals surface area contributed by atoms with Crippen LogP contribution < -0.4 is 10.1 Å². The summed E-state index contributed by atoms with van der Waals surface area (Å²) in [5.41, 5.74) is 2.55. The van der Waals surface area contributed by atoms with E-state index in [-0.39, 0.29) is 29.7 Å². The van der Waals surface area contributed by atoms with Crippen LogP contribution in [0.5, 0.6) is 5.75 Å². The molecule has 0 bridgehead atoms. The molecule has 2 aliphatic rings. The van der Waals surface area contributed by atoms with E-state index in [1.54, 1.807) is 12.3 Å². The third-order valence-corrected chi connectivity index (χ3v) is 4.94. The molecule has 5 heteroatoms. The van der Waals surface area contributed by atoms with Gasteiger partial charge in [0.2, 0.25) is 5.91 Å². The van der Waals surface area contributed by atoms with Crippen LogP contribution in [0.3, 0.4) is 0 Å². The summed E-state index contributed by atoms with van der Waals surface area (Å²) in [6.45, 7) is 0.422. The average Bonchev–Trinajstić information content (AvgIpc) is 3.23. The number of amides is 1. The summed E-state index contributed by atoms with van der Waals surface area (Å²) in [5, 5.41) is 3.96. The minimum atomic E-state index is -0.297. The van der Waals surface area contributed by atoms with Crippen LogP contribution in [-0.2, 0) is 11.3 Å². The van der Waals surface area contributed by atoms with Gasteiger partial charge < -0.3 is 10.1 Å². The van der Waals surface area contributed by atoms with Gasteiger partial charge in [-0.05, 0) is 35.9 Å². The van der Waals surface area contributed by atoms with Crippen LogP contribution in [0.1, 0.15) is 17.0 Å². The fourth-order valence-electron chi connectivity index (χ4n) is 3.64. The van der Waals surface area contributed by atoms with Gasteiger partial charge in [0.1, 0.15) is 17.7 Å². The van der Waals surface area contributed by atoms with Gasteiger partial charge in [0, 0.05) is 30.2 Å². The van der Waals surface area contributed by atoms with Gasteiger partial charge >= 0.3 is 11.8 Å². The van der Waals surface area contributed by atoms with E-state index >= 15 is 0 Å². The maximum Gasteiger partial charge on any atom is 0.360 e. The number of carbonyl (C=O) groups excluding carboxylic acids is 1. The number of benzene rings is 2. The van der Waals surface area contributed by atoms with Gasteiger partial charge in [0.15, 0.2) is 0 Å². The molecule has 1 aliphatic carbocycles. The SMILES string of the molecule is O=C(NCc1ccc2ccc[o+]c2c1)C1C2Oc3ccc(F)cc3C21. The van der Waals surface area contributed by atoms with Crippen LogP contribution in [0.4, 0.5) is 4.39 Å². The van der Waals surface area contributed by atoms with Gasteiger partial charge in [-0.1, -0.05) is 6.07 Å². The highest BCUT2D eigenvalue weighted by atomic mass is 19.1. The topological polar surface area (TPSA) is 49.6 Å². The third kappa shape index (κ3) is 2.35. The van der Waals surface area contributed by atoms with Crippen molar-refractivity contribution < 1.29 is 18.3 Å². The third-order valence-electron chi connectivity index (χ3n) is 4.94.